The number of nitrogens with zero attached hydrogens (tertiary/aromatic N) is 3. The highest BCUT2D eigenvalue weighted by Crippen LogP contribution is 2.22. The van der Waals surface area contributed by atoms with E-state index in [-0.39, 0.29) is 5.71 Å². The van der Waals surface area contributed by atoms with Crippen LogP contribution in [-0.4, -0.2) is 5.71 Å². The molecule has 0 amide bonds. The van der Waals surface area contributed by atoms with Crippen molar-refractivity contribution in [1.82, 2.24) is 0 Å². The van der Waals surface area contributed by atoms with Gasteiger partial charge < -0.3 is 4.42 Å². The van der Waals surface area contributed by atoms with Crippen LogP contribution in [0.5, 0.6) is 0 Å². The zero-order chi connectivity index (χ0) is 13.8. The number of rotatable bonds is 2. The Morgan fingerprint density at radius 2 is 2.05 bits per heavy atom. The molecule has 6 heteroatoms. The fourth-order valence-corrected chi connectivity index (χ4v) is 1.53. The summed E-state index contributed by atoms with van der Waals surface area (Å²) >= 11 is 0. The van der Waals surface area contributed by atoms with Gasteiger partial charge in [0, 0.05) is 11.5 Å². The fourth-order valence-electron chi connectivity index (χ4n) is 1.53. The lowest BCUT2D eigenvalue weighted by molar-refractivity contribution is 0.561. The van der Waals surface area contributed by atoms with Crippen molar-refractivity contribution >= 4 is 22.4 Å². The minimum Gasteiger partial charge on any atom is -0.423 e. The lowest BCUT2D eigenvalue weighted by atomic mass is 10.1. The van der Waals surface area contributed by atoms with Crippen LogP contribution < -0.4 is 11.1 Å². The van der Waals surface area contributed by atoms with Crippen LogP contribution in [0.15, 0.2) is 38.6 Å². The van der Waals surface area contributed by atoms with Crippen molar-refractivity contribution in [2.45, 2.75) is 6.92 Å². The number of fused-ring (bicyclic) bond motifs is 1. The Morgan fingerprint density at radius 1 is 1.32 bits per heavy atom. The molecular formula is C13H8N4O2. The monoisotopic (exact) mass is 252 g/mol. The topological polar surface area (TPSA) is 102 Å². The molecule has 0 atom stereocenters. The van der Waals surface area contributed by atoms with Gasteiger partial charge in [-0.3, -0.25) is 5.43 Å². The summed E-state index contributed by atoms with van der Waals surface area (Å²) in [5.74, 6) is 0. The molecule has 6 nitrogen and oxygen atoms in total. The molecule has 0 saturated heterocycles. The molecule has 2 aromatic rings. The van der Waals surface area contributed by atoms with Crippen LogP contribution in [-0.2, 0) is 0 Å². The van der Waals surface area contributed by atoms with Crippen LogP contribution in [0.2, 0.25) is 0 Å². The first-order valence-corrected chi connectivity index (χ1v) is 5.32. The largest absolute Gasteiger partial charge is 0.423 e. The molecule has 0 aliphatic heterocycles. The summed E-state index contributed by atoms with van der Waals surface area (Å²) in [7, 11) is 0. The number of nitrogens with one attached hydrogen (secondary N) is 1. The number of aryl methyl sites for hydroxylation is 1. The minimum absolute atomic E-state index is 0.265. The van der Waals surface area contributed by atoms with E-state index in [2.05, 4.69) is 10.5 Å². The van der Waals surface area contributed by atoms with Crippen molar-refractivity contribution in [1.29, 1.82) is 10.5 Å². The smallest absolute Gasteiger partial charge is 0.336 e. The Balaban J connectivity index is 2.46. The third-order valence-corrected chi connectivity index (χ3v) is 2.47. The number of nitriles is 2. The van der Waals surface area contributed by atoms with Crippen molar-refractivity contribution < 1.29 is 4.42 Å². The normalized spacial score (nSPS) is 9.42. The Morgan fingerprint density at radius 3 is 2.74 bits per heavy atom. The van der Waals surface area contributed by atoms with Crippen molar-refractivity contribution in [3.63, 3.8) is 0 Å². The molecule has 0 saturated carbocycles. The highest BCUT2D eigenvalue weighted by molar-refractivity contribution is 6.10. The average Bonchev–Trinajstić information content (AvgIpc) is 2.40. The summed E-state index contributed by atoms with van der Waals surface area (Å²) in [6, 6.07) is 9.67. The Kier molecular flexibility index (Phi) is 3.26. The van der Waals surface area contributed by atoms with Gasteiger partial charge >= 0.3 is 5.63 Å². The average molecular weight is 252 g/mol. The number of hydrogen-bond acceptors (Lipinski definition) is 6. The summed E-state index contributed by atoms with van der Waals surface area (Å²) in [6.45, 7) is 1.79. The molecule has 2 rings (SSSR count). The third kappa shape index (κ3) is 2.59. The lowest BCUT2D eigenvalue weighted by Gasteiger charge is -2.06. The van der Waals surface area contributed by atoms with E-state index in [0.717, 1.165) is 10.9 Å². The van der Waals surface area contributed by atoms with E-state index in [9.17, 15) is 4.79 Å². The Labute approximate surface area is 108 Å². The van der Waals surface area contributed by atoms with E-state index in [1.807, 2.05) is 0 Å². The molecule has 0 radical (unpaired) electrons. The highest BCUT2D eigenvalue weighted by atomic mass is 16.4. The second kappa shape index (κ2) is 5.03. The Bertz CT molecular complexity index is 790. The van der Waals surface area contributed by atoms with E-state index < -0.39 is 5.63 Å². The maximum Gasteiger partial charge on any atom is 0.336 e. The van der Waals surface area contributed by atoms with Gasteiger partial charge in [-0.25, -0.2) is 4.79 Å². The first kappa shape index (κ1) is 12.3. The standard InChI is InChI=1S/C13H8N4O2/c1-8-4-12-9(2-3-13(18)19-12)5-11(8)17-16-10(6-14)7-15/h2-5,17H,1H3. The van der Waals surface area contributed by atoms with Gasteiger partial charge in [-0.05, 0) is 30.7 Å². The summed E-state index contributed by atoms with van der Waals surface area (Å²) in [6.07, 6.45) is 0. The number of hydrazone groups is 1. The molecule has 1 heterocycles. The molecule has 0 spiro atoms. The second-order valence-electron chi connectivity index (χ2n) is 3.76. The van der Waals surface area contributed by atoms with Crippen LogP contribution in [0, 0.1) is 29.6 Å². The molecular weight excluding hydrogens is 244 g/mol. The third-order valence-electron chi connectivity index (χ3n) is 2.47. The van der Waals surface area contributed by atoms with Gasteiger partial charge in [0.15, 0.2) is 0 Å². The van der Waals surface area contributed by atoms with Crippen LogP contribution in [0.4, 0.5) is 5.69 Å². The number of benzene rings is 1. The van der Waals surface area contributed by atoms with Crippen molar-refractivity contribution in [3.05, 3.63) is 40.2 Å². The van der Waals surface area contributed by atoms with Gasteiger partial charge in [0.25, 0.3) is 0 Å². The van der Waals surface area contributed by atoms with E-state index in [0.29, 0.717) is 11.3 Å². The van der Waals surface area contributed by atoms with Crippen LogP contribution in [0.1, 0.15) is 5.56 Å². The number of anilines is 1. The summed E-state index contributed by atoms with van der Waals surface area (Å²) < 4.78 is 5.04. The predicted molar refractivity (Wildman–Crippen MR) is 69.5 cm³/mol. The van der Waals surface area contributed by atoms with Gasteiger partial charge in [0.2, 0.25) is 5.71 Å². The molecule has 19 heavy (non-hydrogen) atoms. The highest BCUT2D eigenvalue weighted by Gasteiger charge is 2.04. The zero-order valence-electron chi connectivity index (χ0n) is 9.97. The van der Waals surface area contributed by atoms with Gasteiger partial charge in [-0.1, -0.05) is 0 Å². The number of hydrogen-bond donors (Lipinski definition) is 1. The summed E-state index contributed by atoms with van der Waals surface area (Å²) in [5.41, 5.74) is 3.85. The maximum absolute atomic E-state index is 11.1. The molecule has 1 aromatic heterocycles. The van der Waals surface area contributed by atoms with Crippen LogP contribution >= 0.6 is 0 Å². The molecule has 0 unspecified atom stereocenters. The fraction of sp³-hybridized carbons (Fsp3) is 0.0769. The van der Waals surface area contributed by atoms with Gasteiger partial charge in [0.1, 0.15) is 17.7 Å². The summed E-state index contributed by atoms with van der Waals surface area (Å²) in [5, 5.41) is 21.6. The molecule has 1 N–H and O–H groups in total. The van der Waals surface area contributed by atoms with Crippen molar-refractivity contribution in [2.24, 2.45) is 5.10 Å². The van der Waals surface area contributed by atoms with E-state index in [1.54, 1.807) is 37.3 Å². The first-order valence-electron chi connectivity index (χ1n) is 5.32. The molecule has 0 bridgehead atoms. The molecule has 92 valence electrons. The molecule has 1 aromatic carbocycles. The van der Waals surface area contributed by atoms with E-state index >= 15 is 0 Å². The van der Waals surface area contributed by atoms with Crippen LogP contribution in [0.3, 0.4) is 0 Å². The SMILES string of the molecule is Cc1cc2oc(=O)ccc2cc1NN=C(C#N)C#N. The maximum atomic E-state index is 11.1. The van der Waals surface area contributed by atoms with Crippen molar-refractivity contribution in [2.75, 3.05) is 5.43 Å². The Hall–Kier alpha value is -3.12. The van der Waals surface area contributed by atoms with Gasteiger partial charge in [-0.2, -0.15) is 15.6 Å². The molecule has 0 aliphatic carbocycles. The zero-order valence-corrected chi connectivity index (χ0v) is 9.97. The first-order chi connectivity index (χ1) is 9.13. The molecule has 0 aliphatic rings. The minimum atomic E-state index is -0.415. The second-order valence-corrected chi connectivity index (χ2v) is 3.76. The van der Waals surface area contributed by atoms with Crippen molar-refractivity contribution in [3.8, 4) is 12.1 Å². The quantitative estimate of drug-likeness (QED) is 0.499. The molecule has 0 fully saturated rings. The predicted octanol–water partition coefficient (Wildman–Crippen LogP) is 1.92. The van der Waals surface area contributed by atoms with E-state index in [4.69, 9.17) is 14.9 Å². The van der Waals surface area contributed by atoms with Gasteiger partial charge in [-0.15, -0.1) is 0 Å². The van der Waals surface area contributed by atoms with Gasteiger partial charge in [0.05, 0.1) is 5.69 Å². The van der Waals surface area contributed by atoms with E-state index in [1.165, 1.54) is 6.07 Å². The van der Waals surface area contributed by atoms with Crippen LogP contribution in [0.25, 0.3) is 11.0 Å². The lowest BCUT2D eigenvalue weighted by Crippen LogP contribution is -1.99. The summed E-state index contributed by atoms with van der Waals surface area (Å²) in [4.78, 5) is 11.1.